The van der Waals surface area contributed by atoms with Crippen LogP contribution < -0.4 is 11.5 Å². The average molecular weight is 166 g/mol. The zero-order chi connectivity index (χ0) is 9.14. The fraction of sp³-hybridized carbons (Fsp3) is 0.333. The molecule has 0 aliphatic rings. The van der Waals surface area contributed by atoms with Crippen molar-refractivity contribution in [3.05, 3.63) is 23.8 Å². The van der Waals surface area contributed by atoms with E-state index in [0.29, 0.717) is 5.69 Å². The SMILES string of the molecule is CC[C@H](N)c1ccc(O)cc1N. The molecule has 1 aromatic rings. The average Bonchev–Trinajstić information content (AvgIpc) is 2.03. The zero-order valence-electron chi connectivity index (χ0n) is 7.12. The van der Waals surface area contributed by atoms with E-state index in [-0.39, 0.29) is 11.8 Å². The normalized spacial score (nSPS) is 12.8. The predicted molar refractivity (Wildman–Crippen MR) is 49.7 cm³/mol. The van der Waals surface area contributed by atoms with Crippen molar-refractivity contribution in [3.63, 3.8) is 0 Å². The molecule has 0 aliphatic carbocycles. The third kappa shape index (κ3) is 1.68. The van der Waals surface area contributed by atoms with Gasteiger partial charge in [-0.25, -0.2) is 0 Å². The van der Waals surface area contributed by atoms with Crippen molar-refractivity contribution in [3.8, 4) is 5.75 Å². The summed E-state index contributed by atoms with van der Waals surface area (Å²) in [5.41, 5.74) is 12.9. The van der Waals surface area contributed by atoms with Crippen molar-refractivity contribution in [2.75, 3.05) is 5.73 Å². The Morgan fingerprint density at radius 2 is 2.17 bits per heavy atom. The number of nitrogen functional groups attached to an aromatic ring is 1. The van der Waals surface area contributed by atoms with Crippen molar-refractivity contribution < 1.29 is 5.11 Å². The van der Waals surface area contributed by atoms with Crippen LogP contribution in [0.2, 0.25) is 0 Å². The van der Waals surface area contributed by atoms with Crippen LogP contribution in [0.3, 0.4) is 0 Å². The lowest BCUT2D eigenvalue weighted by Crippen LogP contribution is -2.10. The van der Waals surface area contributed by atoms with Crippen molar-refractivity contribution in [2.45, 2.75) is 19.4 Å². The highest BCUT2D eigenvalue weighted by Gasteiger charge is 2.06. The second-order valence-corrected chi connectivity index (χ2v) is 2.83. The van der Waals surface area contributed by atoms with Gasteiger partial charge >= 0.3 is 0 Å². The molecule has 0 unspecified atom stereocenters. The molecule has 66 valence electrons. The Morgan fingerprint density at radius 1 is 1.50 bits per heavy atom. The summed E-state index contributed by atoms with van der Waals surface area (Å²) in [7, 11) is 0. The maximum Gasteiger partial charge on any atom is 0.117 e. The minimum absolute atomic E-state index is 0.0365. The van der Waals surface area contributed by atoms with Crippen molar-refractivity contribution in [1.82, 2.24) is 0 Å². The van der Waals surface area contributed by atoms with Crippen molar-refractivity contribution >= 4 is 5.69 Å². The van der Waals surface area contributed by atoms with E-state index in [1.54, 1.807) is 12.1 Å². The molecular weight excluding hydrogens is 152 g/mol. The Hall–Kier alpha value is -1.22. The van der Waals surface area contributed by atoms with Gasteiger partial charge in [-0.2, -0.15) is 0 Å². The van der Waals surface area contributed by atoms with E-state index in [1.165, 1.54) is 6.07 Å². The number of hydrogen-bond donors (Lipinski definition) is 3. The van der Waals surface area contributed by atoms with Gasteiger partial charge in [-0.3, -0.25) is 0 Å². The molecule has 0 aromatic heterocycles. The number of phenolic OH excluding ortho intramolecular Hbond substituents is 1. The Morgan fingerprint density at radius 3 is 2.67 bits per heavy atom. The smallest absolute Gasteiger partial charge is 0.117 e. The van der Waals surface area contributed by atoms with Crippen LogP contribution in [0, 0.1) is 0 Å². The minimum Gasteiger partial charge on any atom is -0.508 e. The Kier molecular flexibility index (Phi) is 2.55. The summed E-state index contributed by atoms with van der Waals surface area (Å²) in [6.07, 6.45) is 0.842. The molecule has 0 radical (unpaired) electrons. The molecule has 0 heterocycles. The zero-order valence-corrected chi connectivity index (χ0v) is 7.12. The van der Waals surface area contributed by atoms with Crippen LogP contribution in [0.1, 0.15) is 24.9 Å². The molecule has 0 saturated carbocycles. The summed E-state index contributed by atoms with van der Waals surface area (Å²) in [5, 5.41) is 9.07. The van der Waals surface area contributed by atoms with E-state index in [0.717, 1.165) is 12.0 Å². The van der Waals surface area contributed by atoms with Gasteiger partial charge < -0.3 is 16.6 Å². The molecule has 1 rings (SSSR count). The standard InChI is InChI=1S/C9H14N2O/c1-2-8(10)7-4-3-6(12)5-9(7)11/h3-5,8,12H,2,10-11H2,1H3/t8-/m0/s1. The summed E-state index contributed by atoms with van der Waals surface area (Å²) in [6, 6.07) is 4.84. The number of aromatic hydroxyl groups is 1. The lowest BCUT2D eigenvalue weighted by atomic mass is 10.0. The van der Waals surface area contributed by atoms with Crippen LogP contribution in [0.5, 0.6) is 5.75 Å². The topological polar surface area (TPSA) is 72.3 Å². The van der Waals surface area contributed by atoms with Gasteiger partial charge in [-0.15, -0.1) is 0 Å². The molecule has 3 nitrogen and oxygen atoms in total. The first kappa shape index (κ1) is 8.87. The molecule has 0 spiro atoms. The third-order valence-corrected chi connectivity index (χ3v) is 1.91. The van der Waals surface area contributed by atoms with Gasteiger partial charge in [0.25, 0.3) is 0 Å². The molecule has 0 fully saturated rings. The van der Waals surface area contributed by atoms with Gasteiger partial charge in [0.2, 0.25) is 0 Å². The highest BCUT2D eigenvalue weighted by atomic mass is 16.3. The Balaban J connectivity index is 3.01. The molecule has 1 aromatic carbocycles. The van der Waals surface area contributed by atoms with E-state index in [9.17, 15) is 0 Å². The van der Waals surface area contributed by atoms with E-state index in [4.69, 9.17) is 16.6 Å². The van der Waals surface area contributed by atoms with Gasteiger partial charge in [0.15, 0.2) is 0 Å². The van der Waals surface area contributed by atoms with Crippen LogP contribution in [-0.2, 0) is 0 Å². The maximum absolute atomic E-state index is 9.07. The van der Waals surface area contributed by atoms with Crippen LogP contribution in [0.4, 0.5) is 5.69 Å². The number of hydrogen-bond acceptors (Lipinski definition) is 3. The van der Waals surface area contributed by atoms with Gasteiger partial charge in [0, 0.05) is 17.8 Å². The van der Waals surface area contributed by atoms with Gasteiger partial charge in [0.05, 0.1) is 0 Å². The second-order valence-electron chi connectivity index (χ2n) is 2.83. The highest BCUT2D eigenvalue weighted by Crippen LogP contribution is 2.24. The monoisotopic (exact) mass is 166 g/mol. The molecule has 0 amide bonds. The third-order valence-electron chi connectivity index (χ3n) is 1.91. The van der Waals surface area contributed by atoms with Gasteiger partial charge in [0.1, 0.15) is 5.75 Å². The van der Waals surface area contributed by atoms with E-state index < -0.39 is 0 Å². The summed E-state index contributed by atoms with van der Waals surface area (Å²) in [4.78, 5) is 0. The minimum atomic E-state index is -0.0365. The molecule has 1 atom stereocenters. The first-order valence-electron chi connectivity index (χ1n) is 3.99. The lowest BCUT2D eigenvalue weighted by molar-refractivity contribution is 0.475. The number of phenols is 1. The fourth-order valence-corrected chi connectivity index (χ4v) is 1.12. The molecular formula is C9H14N2O. The largest absolute Gasteiger partial charge is 0.508 e. The Labute approximate surface area is 72.0 Å². The van der Waals surface area contributed by atoms with E-state index in [2.05, 4.69) is 0 Å². The van der Waals surface area contributed by atoms with E-state index >= 15 is 0 Å². The Bertz CT molecular complexity index is 273. The molecule has 5 N–H and O–H groups in total. The van der Waals surface area contributed by atoms with Crippen molar-refractivity contribution in [2.24, 2.45) is 5.73 Å². The highest BCUT2D eigenvalue weighted by molar-refractivity contribution is 5.52. The lowest BCUT2D eigenvalue weighted by Gasteiger charge is -2.11. The van der Waals surface area contributed by atoms with Crippen LogP contribution in [0.25, 0.3) is 0 Å². The number of benzene rings is 1. The maximum atomic E-state index is 9.07. The molecule has 0 saturated heterocycles. The van der Waals surface area contributed by atoms with Gasteiger partial charge in [-0.05, 0) is 18.1 Å². The molecule has 3 heteroatoms. The summed E-state index contributed by atoms with van der Waals surface area (Å²) in [5.74, 6) is 0.180. The van der Waals surface area contributed by atoms with Crippen molar-refractivity contribution in [1.29, 1.82) is 0 Å². The number of nitrogens with two attached hydrogens (primary N) is 2. The summed E-state index contributed by atoms with van der Waals surface area (Å²) < 4.78 is 0. The van der Waals surface area contributed by atoms with Gasteiger partial charge in [-0.1, -0.05) is 13.0 Å². The van der Waals surface area contributed by atoms with Crippen LogP contribution in [-0.4, -0.2) is 5.11 Å². The van der Waals surface area contributed by atoms with Crippen LogP contribution >= 0.6 is 0 Å². The second kappa shape index (κ2) is 3.45. The molecule has 0 bridgehead atoms. The van der Waals surface area contributed by atoms with Crippen LogP contribution in [0.15, 0.2) is 18.2 Å². The number of rotatable bonds is 2. The number of anilines is 1. The molecule has 0 aliphatic heterocycles. The summed E-state index contributed by atoms with van der Waals surface area (Å²) >= 11 is 0. The quantitative estimate of drug-likeness (QED) is 0.581. The fourth-order valence-electron chi connectivity index (χ4n) is 1.12. The van der Waals surface area contributed by atoms with E-state index in [1.807, 2.05) is 6.92 Å². The summed E-state index contributed by atoms with van der Waals surface area (Å²) in [6.45, 7) is 2.00. The predicted octanol–water partition coefficient (Wildman–Crippen LogP) is 1.38. The molecule has 12 heavy (non-hydrogen) atoms. The first-order chi connectivity index (χ1) is 5.65. The first-order valence-corrected chi connectivity index (χ1v) is 3.99.